The summed E-state index contributed by atoms with van der Waals surface area (Å²) in [6.07, 6.45) is 3.56. The third-order valence-corrected chi connectivity index (χ3v) is 0.920. The minimum Gasteiger partial charge on any atom is -0.385 e. The first-order valence-corrected chi connectivity index (χ1v) is 2.84. The van der Waals surface area contributed by atoms with Crippen LogP contribution in [-0.2, 0) is 9.53 Å². The molecule has 0 fully saturated rings. The Morgan fingerprint density at radius 2 is 1.90 bits per heavy atom. The van der Waals surface area contributed by atoms with Crippen LogP contribution in [0, 0.1) is 0 Å². The van der Waals surface area contributed by atoms with Crippen molar-refractivity contribution >= 4 is 6.29 Å². The summed E-state index contributed by atoms with van der Waals surface area (Å²) in [6.45, 7) is 0.772. The Bertz CT molecular complexity index is 53.2. The summed E-state index contributed by atoms with van der Waals surface area (Å²) in [7, 11) is 1.67. The molecule has 0 bridgehead atoms. The molecule has 10 heavy (non-hydrogen) atoms. The molecule has 0 aliphatic carbocycles. The van der Waals surface area contributed by atoms with E-state index in [9.17, 15) is 4.79 Å². The van der Waals surface area contributed by atoms with E-state index in [4.69, 9.17) is 4.74 Å². The first-order chi connectivity index (χ1) is 3.91. The van der Waals surface area contributed by atoms with Crippen molar-refractivity contribution in [2.45, 2.75) is 34.1 Å². The van der Waals surface area contributed by atoms with E-state index in [-0.39, 0.29) is 14.9 Å². The molecule has 64 valence electrons. The highest BCUT2D eigenvalue weighted by Crippen LogP contribution is 1.90. The highest BCUT2D eigenvalue weighted by atomic mass is 16.5. The molecular weight excluding hydrogens is 128 g/mol. The van der Waals surface area contributed by atoms with Crippen molar-refractivity contribution in [3.63, 3.8) is 0 Å². The van der Waals surface area contributed by atoms with E-state index < -0.39 is 0 Å². The van der Waals surface area contributed by atoms with Gasteiger partial charge < -0.3 is 9.53 Å². The maximum Gasteiger partial charge on any atom is 0.119 e. The summed E-state index contributed by atoms with van der Waals surface area (Å²) in [5, 5.41) is 0. The molecule has 0 aromatic heterocycles. The third kappa shape index (κ3) is 15.6. The molecule has 0 spiro atoms. The van der Waals surface area contributed by atoms with Crippen LogP contribution < -0.4 is 0 Å². The molecule has 0 N–H and O–H groups in total. The van der Waals surface area contributed by atoms with Crippen molar-refractivity contribution < 1.29 is 9.53 Å². The number of carbonyl (C=O) groups is 1. The molecule has 2 nitrogen and oxygen atoms in total. The van der Waals surface area contributed by atoms with E-state index in [0.29, 0.717) is 6.42 Å². The number of aldehydes is 1. The third-order valence-electron chi connectivity index (χ3n) is 0.920. The molecule has 0 aromatic rings. The lowest BCUT2D eigenvalue weighted by Gasteiger charge is -1.92. The Balaban J connectivity index is -0.000000245. The van der Waals surface area contributed by atoms with Gasteiger partial charge in [-0.3, -0.25) is 0 Å². The van der Waals surface area contributed by atoms with Crippen LogP contribution in [0.1, 0.15) is 34.1 Å². The summed E-state index contributed by atoms with van der Waals surface area (Å²) in [5.41, 5.74) is 0. The lowest BCUT2D eigenvalue weighted by molar-refractivity contribution is -0.107. The molecule has 0 amide bonds. The number of rotatable bonds is 5. The maximum absolute atomic E-state index is 9.73. The molecule has 0 atom stereocenters. The highest BCUT2D eigenvalue weighted by molar-refractivity contribution is 5.48. The van der Waals surface area contributed by atoms with Gasteiger partial charge in [0.2, 0.25) is 0 Å². The van der Waals surface area contributed by atoms with E-state index in [1.165, 1.54) is 0 Å². The quantitative estimate of drug-likeness (QED) is 0.441. The summed E-state index contributed by atoms with van der Waals surface area (Å²) >= 11 is 0. The Hall–Kier alpha value is -0.370. The smallest absolute Gasteiger partial charge is 0.119 e. The van der Waals surface area contributed by atoms with Crippen LogP contribution in [0.3, 0.4) is 0 Å². The van der Waals surface area contributed by atoms with E-state index in [0.717, 1.165) is 25.7 Å². The average molecular weight is 148 g/mol. The molecule has 0 heterocycles. The lowest BCUT2D eigenvalue weighted by atomic mass is 10.3. The van der Waals surface area contributed by atoms with Crippen molar-refractivity contribution in [3.8, 4) is 0 Å². The number of unbranched alkanes of at least 4 members (excludes halogenated alkanes) is 2. The Morgan fingerprint density at radius 1 is 1.30 bits per heavy atom. The van der Waals surface area contributed by atoms with Crippen LogP contribution in [0.2, 0.25) is 0 Å². The molecule has 0 unspecified atom stereocenters. The van der Waals surface area contributed by atoms with Crippen LogP contribution in [-0.4, -0.2) is 20.0 Å². The zero-order chi connectivity index (χ0) is 6.24. The van der Waals surface area contributed by atoms with Gasteiger partial charge in [-0.05, 0) is 12.8 Å². The van der Waals surface area contributed by atoms with E-state index >= 15 is 0 Å². The van der Waals surface area contributed by atoms with Crippen molar-refractivity contribution in [1.82, 2.24) is 0 Å². The van der Waals surface area contributed by atoms with Crippen LogP contribution in [0.25, 0.3) is 0 Å². The monoisotopic (exact) mass is 148 g/mol. The topological polar surface area (TPSA) is 26.3 Å². The second-order valence-corrected chi connectivity index (χ2v) is 1.66. The molecule has 0 aliphatic rings. The van der Waals surface area contributed by atoms with Gasteiger partial charge in [-0.2, -0.15) is 0 Å². The molecule has 0 radical (unpaired) electrons. The van der Waals surface area contributed by atoms with Gasteiger partial charge in [0.05, 0.1) is 0 Å². The first kappa shape index (κ1) is 16.3. The number of ether oxygens (including phenoxy) is 1. The van der Waals surface area contributed by atoms with Gasteiger partial charge >= 0.3 is 0 Å². The zero-order valence-electron chi connectivity index (χ0n) is 5.22. The van der Waals surface area contributed by atoms with Gasteiger partial charge in [0.1, 0.15) is 6.29 Å². The predicted octanol–water partition coefficient (Wildman–Crippen LogP) is 2.27. The second kappa shape index (κ2) is 15.9. The van der Waals surface area contributed by atoms with Crippen molar-refractivity contribution in [2.24, 2.45) is 0 Å². The second-order valence-electron chi connectivity index (χ2n) is 1.66. The lowest BCUT2D eigenvalue weighted by Crippen LogP contribution is -1.87. The van der Waals surface area contributed by atoms with Crippen LogP contribution >= 0.6 is 0 Å². The Morgan fingerprint density at radius 3 is 2.30 bits per heavy atom. The summed E-state index contributed by atoms with van der Waals surface area (Å²) in [6, 6.07) is 0. The normalized spacial score (nSPS) is 7.30. The van der Waals surface area contributed by atoms with Crippen LogP contribution in [0.4, 0.5) is 0 Å². The highest BCUT2D eigenvalue weighted by Gasteiger charge is 1.83. The molecular formula is C8H20O2. The predicted molar refractivity (Wildman–Crippen MR) is 45.3 cm³/mol. The van der Waals surface area contributed by atoms with Gasteiger partial charge in [-0.15, -0.1) is 0 Å². The van der Waals surface area contributed by atoms with Crippen LogP contribution in [0.5, 0.6) is 0 Å². The molecule has 0 saturated heterocycles. The standard InChI is InChI=1S/C6H12O2.2CH4/c1-8-6-4-2-3-5-7;;/h5H,2-4,6H2,1H3;2*1H4. The Kier molecular flexibility index (Phi) is 25.9. The van der Waals surface area contributed by atoms with Gasteiger partial charge in [-0.25, -0.2) is 0 Å². The minimum atomic E-state index is 0. The van der Waals surface area contributed by atoms with E-state index in [2.05, 4.69) is 0 Å². The van der Waals surface area contributed by atoms with Gasteiger partial charge in [0.25, 0.3) is 0 Å². The fourth-order valence-corrected chi connectivity index (χ4v) is 0.474. The molecule has 0 aliphatic heterocycles. The van der Waals surface area contributed by atoms with Crippen molar-refractivity contribution in [1.29, 1.82) is 0 Å². The van der Waals surface area contributed by atoms with E-state index in [1.807, 2.05) is 0 Å². The van der Waals surface area contributed by atoms with Crippen LogP contribution in [0.15, 0.2) is 0 Å². The number of hydrogen-bond acceptors (Lipinski definition) is 2. The number of methoxy groups -OCH3 is 1. The van der Waals surface area contributed by atoms with Crippen molar-refractivity contribution in [2.75, 3.05) is 13.7 Å². The van der Waals surface area contributed by atoms with Gasteiger partial charge in [-0.1, -0.05) is 14.9 Å². The molecule has 2 heteroatoms. The minimum absolute atomic E-state index is 0. The largest absolute Gasteiger partial charge is 0.385 e. The molecule has 0 saturated carbocycles. The van der Waals surface area contributed by atoms with Crippen molar-refractivity contribution in [3.05, 3.63) is 0 Å². The SMILES string of the molecule is C.C.COCCCCC=O. The Labute approximate surface area is 64.6 Å². The van der Waals surface area contributed by atoms with E-state index in [1.54, 1.807) is 7.11 Å². The number of hydrogen-bond donors (Lipinski definition) is 0. The first-order valence-electron chi connectivity index (χ1n) is 2.84. The van der Waals surface area contributed by atoms with Gasteiger partial charge in [0.15, 0.2) is 0 Å². The molecule has 0 aromatic carbocycles. The van der Waals surface area contributed by atoms with Gasteiger partial charge in [0, 0.05) is 20.1 Å². The summed E-state index contributed by atoms with van der Waals surface area (Å²) < 4.78 is 4.77. The fourth-order valence-electron chi connectivity index (χ4n) is 0.474. The maximum atomic E-state index is 9.73. The fraction of sp³-hybridized carbons (Fsp3) is 0.875. The molecule has 0 rings (SSSR count). The number of carbonyl (C=O) groups excluding carboxylic acids is 1. The average Bonchev–Trinajstić information content (AvgIpc) is 1.81. The zero-order valence-corrected chi connectivity index (χ0v) is 5.22. The summed E-state index contributed by atoms with van der Waals surface area (Å²) in [5.74, 6) is 0. The summed E-state index contributed by atoms with van der Waals surface area (Å²) in [4.78, 5) is 9.73.